The molecule has 4 saturated carbocycles. The molecule has 0 aromatic rings. The van der Waals surface area contributed by atoms with Gasteiger partial charge in [0, 0.05) is 0 Å². The predicted octanol–water partition coefficient (Wildman–Crippen LogP) is 3.45. The van der Waals surface area contributed by atoms with Gasteiger partial charge in [-0.15, -0.1) is 0 Å². The van der Waals surface area contributed by atoms with E-state index in [9.17, 15) is 0 Å². The Morgan fingerprint density at radius 1 is 0.882 bits per heavy atom. The molecule has 96 valence electrons. The molecule has 17 heavy (non-hydrogen) atoms. The largest absolute Gasteiger partial charge is 0.316 e. The molecule has 1 heteroatoms. The summed E-state index contributed by atoms with van der Waals surface area (Å²) in [6.07, 6.45) is 12.5. The molecule has 0 aromatic heterocycles. The highest BCUT2D eigenvalue weighted by atomic mass is 14.9. The molecule has 4 aliphatic carbocycles. The summed E-state index contributed by atoms with van der Waals surface area (Å²) in [4.78, 5) is 0. The van der Waals surface area contributed by atoms with Crippen molar-refractivity contribution in [3.63, 3.8) is 0 Å². The van der Waals surface area contributed by atoms with Gasteiger partial charge in [-0.2, -0.15) is 0 Å². The van der Waals surface area contributed by atoms with Crippen LogP contribution in [0, 0.1) is 35.5 Å². The summed E-state index contributed by atoms with van der Waals surface area (Å²) >= 11 is 0. The van der Waals surface area contributed by atoms with Crippen molar-refractivity contribution in [2.45, 2.75) is 51.4 Å². The molecule has 0 radical (unpaired) electrons. The molecule has 5 rings (SSSR count). The third kappa shape index (κ3) is 1.95. The summed E-state index contributed by atoms with van der Waals surface area (Å²) in [5.41, 5.74) is 0. The van der Waals surface area contributed by atoms with Crippen molar-refractivity contribution < 1.29 is 0 Å². The third-order valence-corrected chi connectivity index (χ3v) is 6.43. The van der Waals surface area contributed by atoms with Crippen LogP contribution in [-0.2, 0) is 0 Å². The van der Waals surface area contributed by atoms with Crippen LogP contribution in [0.25, 0.3) is 0 Å². The first-order chi connectivity index (χ1) is 8.38. The van der Waals surface area contributed by atoms with Gasteiger partial charge in [-0.25, -0.2) is 0 Å². The summed E-state index contributed by atoms with van der Waals surface area (Å²) in [7, 11) is 0. The van der Waals surface area contributed by atoms with Gasteiger partial charge in [-0.1, -0.05) is 0 Å². The molecule has 1 aliphatic heterocycles. The average Bonchev–Trinajstić information content (AvgIpc) is 2.34. The Kier molecular flexibility index (Phi) is 2.72. The highest BCUT2D eigenvalue weighted by Crippen LogP contribution is 2.58. The molecular formula is C16H27N. The van der Waals surface area contributed by atoms with Gasteiger partial charge in [0.1, 0.15) is 0 Å². The van der Waals surface area contributed by atoms with E-state index in [1.165, 1.54) is 25.9 Å². The minimum absolute atomic E-state index is 1.02. The summed E-state index contributed by atoms with van der Waals surface area (Å²) < 4.78 is 0. The molecule has 5 fully saturated rings. The van der Waals surface area contributed by atoms with Crippen molar-refractivity contribution in [3.8, 4) is 0 Å². The van der Waals surface area contributed by atoms with E-state index in [-0.39, 0.29) is 0 Å². The Morgan fingerprint density at radius 2 is 1.59 bits per heavy atom. The van der Waals surface area contributed by atoms with Gasteiger partial charge >= 0.3 is 0 Å². The molecule has 0 aromatic carbocycles. The van der Waals surface area contributed by atoms with Gasteiger partial charge in [-0.3, -0.25) is 0 Å². The topological polar surface area (TPSA) is 12.0 Å². The van der Waals surface area contributed by atoms with Crippen molar-refractivity contribution in [2.24, 2.45) is 35.5 Å². The van der Waals surface area contributed by atoms with Crippen LogP contribution >= 0.6 is 0 Å². The van der Waals surface area contributed by atoms with E-state index >= 15 is 0 Å². The van der Waals surface area contributed by atoms with Crippen LogP contribution in [0.2, 0.25) is 0 Å². The molecule has 0 amide bonds. The Labute approximate surface area is 106 Å². The highest BCUT2D eigenvalue weighted by Gasteiger charge is 2.48. The monoisotopic (exact) mass is 233 g/mol. The molecule has 1 nitrogen and oxygen atoms in total. The van der Waals surface area contributed by atoms with Crippen LogP contribution in [0.4, 0.5) is 0 Å². The number of nitrogens with one attached hydrogen (secondary N) is 1. The fourth-order valence-corrected chi connectivity index (χ4v) is 5.93. The molecule has 4 bridgehead atoms. The van der Waals surface area contributed by atoms with Crippen LogP contribution in [0.5, 0.6) is 0 Å². The maximum Gasteiger partial charge on any atom is -0.00204 e. The van der Waals surface area contributed by atoms with E-state index in [1.807, 2.05) is 0 Å². The van der Waals surface area contributed by atoms with Crippen LogP contribution in [0.15, 0.2) is 0 Å². The number of hydrogen-bond acceptors (Lipinski definition) is 1. The second-order valence-electron chi connectivity index (χ2n) is 7.54. The lowest BCUT2D eigenvalue weighted by atomic mass is 9.50. The highest BCUT2D eigenvalue weighted by molar-refractivity contribution is 4.98. The van der Waals surface area contributed by atoms with Crippen LogP contribution in [0.1, 0.15) is 51.4 Å². The summed E-state index contributed by atoms with van der Waals surface area (Å²) in [5, 5.41) is 3.61. The molecular weight excluding hydrogens is 206 g/mol. The van der Waals surface area contributed by atoms with Gasteiger partial charge < -0.3 is 5.32 Å². The van der Waals surface area contributed by atoms with Crippen LogP contribution in [0.3, 0.4) is 0 Å². The van der Waals surface area contributed by atoms with E-state index in [0.29, 0.717) is 0 Å². The van der Waals surface area contributed by atoms with E-state index in [2.05, 4.69) is 5.32 Å². The normalized spacial score (nSPS) is 52.9. The Bertz CT molecular complexity index is 251. The van der Waals surface area contributed by atoms with E-state index < -0.39 is 0 Å². The van der Waals surface area contributed by atoms with Gasteiger partial charge in [0.15, 0.2) is 0 Å². The van der Waals surface area contributed by atoms with Crippen LogP contribution in [-0.4, -0.2) is 13.1 Å². The lowest BCUT2D eigenvalue weighted by Gasteiger charge is -2.55. The average molecular weight is 233 g/mol. The van der Waals surface area contributed by atoms with Gasteiger partial charge in [-0.05, 0) is 100.0 Å². The minimum Gasteiger partial charge on any atom is -0.316 e. The van der Waals surface area contributed by atoms with Crippen molar-refractivity contribution in [3.05, 3.63) is 0 Å². The molecule has 1 unspecified atom stereocenters. The Balaban J connectivity index is 1.43. The molecule has 1 heterocycles. The number of piperidine rings is 1. The first-order valence-electron chi connectivity index (χ1n) is 8.09. The van der Waals surface area contributed by atoms with Crippen molar-refractivity contribution >= 4 is 0 Å². The maximum absolute atomic E-state index is 3.61. The molecule has 1 atom stereocenters. The van der Waals surface area contributed by atoms with Crippen molar-refractivity contribution in [1.82, 2.24) is 5.32 Å². The summed E-state index contributed by atoms with van der Waals surface area (Å²) in [6.45, 7) is 2.60. The standard InChI is InChI=1S/C16H27N/c1-2-11(10-17-3-1)9-16-14-5-12-4-13(7-14)8-15(16)6-12/h11-17H,1-10H2. The summed E-state index contributed by atoms with van der Waals surface area (Å²) in [6, 6.07) is 0. The first kappa shape index (κ1) is 10.8. The fourth-order valence-electron chi connectivity index (χ4n) is 5.93. The molecule has 0 spiro atoms. The zero-order valence-electron chi connectivity index (χ0n) is 11.0. The zero-order chi connectivity index (χ0) is 11.2. The van der Waals surface area contributed by atoms with Gasteiger partial charge in [0.2, 0.25) is 0 Å². The smallest absolute Gasteiger partial charge is 0.00204 e. The van der Waals surface area contributed by atoms with E-state index in [4.69, 9.17) is 0 Å². The summed E-state index contributed by atoms with van der Waals surface area (Å²) in [5.74, 6) is 6.75. The third-order valence-electron chi connectivity index (χ3n) is 6.43. The molecule has 5 aliphatic rings. The lowest BCUT2D eigenvalue weighted by Crippen LogP contribution is -2.46. The van der Waals surface area contributed by atoms with Crippen molar-refractivity contribution in [2.75, 3.05) is 13.1 Å². The number of rotatable bonds is 2. The van der Waals surface area contributed by atoms with Crippen LogP contribution < -0.4 is 5.32 Å². The minimum atomic E-state index is 1.02. The second-order valence-corrected chi connectivity index (χ2v) is 7.54. The molecule has 1 N–H and O–H groups in total. The van der Waals surface area contributed by atoms with E-state index in [0.717, 1.165) is 35.5 Å². The SMILES string of the molecule is C1CNCC(CC2C3CC4CC(C3)CC2C4)C1. The maximum atomic E-state index is 3.61. The predicted molar refractivity (Wildman–Crippen MR) is 70.7 cm³/mol. The number of hydrogen-bond donors (Lipinski definition) is 1. The second kappa shape index (κ2) is 4.26. The first-order valence-corrected chi connectivity index (χ1v) is 8.09. The Hall–Kier alpha value is -0.0400. The lowest BCUT2D eigenvalue weighted by molar-refractivity contribution is -0.0467. The Morgan fingerprint density at radius 3 is 2.18 bits per heavy atom. The quantitative estimate of drug-likeness (QED) is 0.770. The van der Waals surface area contributed by atoms with Gasteiger partial charge in [0.25, 0.3) is 0 Å². The molecule has 1 saturated heterocycles. The van der Waals surface area contributed by atoms with Gasteiger partial charge in [0.05, 0.1) is 0 Å². The zero-order valence-corrected chi connectivity index (χ0v) is 11.0. The van der Waals surface area contributed by atoms with E-state index in [1.54, 1.807) is 38.5 Å². The van der Waals surface area contributed by atoms with Crippen molar-refractivity contribution in [1.29, 1.82) is 0 Å². The fraction of sp³-hybridized carbons (Fsp3) is 1.00.